The number of carbonyl (C=O) groups is 3. The van der Waals surface area contributed by atoms with Crippen molar-refractivity contribution in [1.29, 1.82) is 0 Å². The summed E-state index contributed by atoms with van der Waals surface area (Å²) >= 11 is 0. The van der Waals surface area contributed by atoms with Gasteiger partial charge in [0.25, 0.3) is 0 Å². The Morgan fingerprint density at radius 2 is 1.90 bits per heavy atom. The summed E-state index contributed by atoms with van der Waals surface area (Å²) in [5.74, 6) is -0.406. The van der Waals surface area contributed by atoms with Gasteiger partial charge in [-0.05, 0) is 11.6 Å². The molecule has 0 radical (unpaired) electrons. The summed E-state index contributed by atoms with van der Waals surface area (Å²) in [6.07, 6.45) is 1.45. The van der Waals surface area contributed by atoms with Gasteiger partial charge in [-0.25, -0.2) is 9.78 Å². The fourth-order valence-corrected chi connectivity index (χ4v) is 1.54. The van der Waals surface area contributed by atoms with E-state index in [0.717, 1.165) is 6.08 Å². The summed E-state index contributed by atoms with van der Waals surface area (Å²) in [5.41, 5.74) is 0.691. The number of hydrogen-bond acceptors (Lipinski definition) is 5. The maximum absolute atomic E-state index is 11.2. The van der Waals surface area contributed by atoms with E-state index in [1.165, 1.54) is 13.8 Å². The quantitative estimate of drug-likeness (QED) is 0.607. The van der Waals surface area contributed by atoms with E-state index in [-0.39, 0.29) is 18.4 Å². The summed E-state index contributed by atoms with van der Waals surface area (Å²) in [5, 5.41) is 5.11. The van der Waals surface area contributed by atoms with Crippen LogP contribution in [0.1, 0.15) is 19.4 Å². The van der Waals surface area contributed by atoms with Gasteiger partial charge in [-0.1, -0.05) is 12.6 Å². The average Bonchev–Trinajstić information content (AvgIpc) is 2.39. The number of hydrogen-bond donors (Lipinski definition) is 2. The summed E-state index contributed by atoms with van der Waals surface area (Å²) in [6.45, 7) is 6.15. The first-order valence-corrected chi connectivity index (χ1v) is 6.26. The fourth-order valence-electron chi connectivity index (χ4n) is 1.54. The molecule has 1 heterocycles. The first-order valence-electron chi connectivity index (χ1n) is 6.26. The molecule has 0 atom stereocenters. The molecular formula is C14H17N3O4. The number of nitrogens with one attached hydrogen (secondary N) is 2. The molecule has 1 aromatic heterocycles. The Kier molecular flexibility index (Phi) is 6.06. The van der Waals surface area contributed by atoms with E-state index in [1.807, 2.05) is 0 Å². The Morgan fingerprint density at radius 3 is 2.48 bits per heavy atom. The van der Waals surface area contributed by atoms with Crippen LogP contribution in [0.25, 0.3) is 0 Å². The number of ether oxygens (including phenoxy) is 1. The zero-order chi connectivity index (χ0) is 15.8. The largest absolute Gasteiger partial charge is 0.462 e. The van der Waals surface area contributed by atoms with Crippen LogP contribution >= 0.6 is 0 Å². The molecule has 2 N–H and O–H groups in total. The summed E-state index contributed by atoms with van der Waals surface area (Å²) in [4.78, 5) is 37.3. The molecule has 0 aromatic carbocycles. The number of esters is 1. The Hall–Kier alpha value is -2.70. The Bertz CT molecular complexity index is 569. The number of nitrogens with zero attached hydrogens (tertiary/aromatic N) is 1. The van der Waals surface area contributed by atoms with Crippen LogP contribution in [0.15, 0.2) is 24.8 Å². The van der Waals surface area contributed by atoms with Gasteiger partial charge in [0.15, 0.2) is 0 Å². The topological polar surface area (TPSA) is 97.4 Å². The number of pyridine rings is 1. The van der Waals surface area contributed by atoms with Crippen molar-refractivity contribution in [1.82, 2.24) is 4.98 Å². The second-order valence-corrected chi connectivity index (χ2v) is 4.19. The van der Waals surface area contributed by atoms with E-state index in [1.54, 1.807) is 12.1 Å². The van der Waals surface area contributed by atoms with Gasteiger partial charge in [-0.2, -0.15) is 0 Å². The van der Waals surface area contributed by atoms with E-state index < -0.39 is 5.97 Å². The molecule has 7 heteroatoms. The highest BCUT2D eigenvalue weighted by atomic mass is 16.5. The van der Waals surface area contributed by atoms with Crippen LogP contribution in [0, 0.1) is 0 Å². The Morgan fingerprint density at radius 1 is 1.24 bits per heavy atom. The summed E-state index contributed by atoms with van der Waals surface area (Å²) in [7, 11) is 0. The number of carbonyl (C=O) groups excluding carboxylic acids is 3. The Labute approximate surface area is 122 Å². The molecule has 0 fully saturated rings. The fraction of sp³-hybridized carbons (Fsp3) is 0.286. The highest BCUT2D eigenvalue weighted by Crippen LogP contribution is 2.17. The smallest absolute Gasteiger partial charge is 0.330 e. The van der Waals surface area contributed by atoms with Crippen LogP contribution in [0.4, 0.5) is 11.6 Å². The standard InChI is InChI=1S/C14H17N3O4/c1-4-13(20)21-8-7-11-5-6-12(15-9(2)18)17-14(11)16-10(3)19/h4-6H,1,7-8H2,2-3H3,(H2,15,16,17,18,19). The number of anilines is 2. The molecule has 112 valence electrons. The van der Waals surface area contributed by atoms with Crippen LogP contribution in [0.5, 0.6) is 0 Å². The second-order valence-electron chi connectivity index (χ2n) is 4.19. The lowest BCUT2D eigenvalue weighted by Crippen LogP contribution is -2.14. The first kappa shape index (κ1) is 16.4. The maximum Gasteiger partial charge on any atom is 0.330 e. The molecule has 0 aliphatic heterocycles. The van der Waals surface area contributed by atoms with Crippen molar-refractivity contribution in [3.8, 4) is 0 Å². The van der Waals surface area contributed by atoms with E-state index in [2.05, 4.69) is 22.2 Å². The molecule has 2 amide bonds. The van der Waals surface area contributed by atoms with Crippen molar-refractivity contribution in [2.45, 2.75) is 20.3 Å². The van der Waals surface area contributed by atoms with Crippen LogP contribution in [0.2, 0.25) is 0 Å². The molecule has 0 aliphatic rings. The summed E-state index contributed by atoms with van der Waals surface area (Å²) in [6, 6.07) is 3.31. The molecule has 0 saturated carbocycles. The molecule has 1 aromatic rings. The molecule has 21 heavy (non-hydrogen) atoms. The monoisotopic (exact) mass is 291 g/mol. The summed E-state index contributed by atoms with van der Waals surface area (Å²) < 4.78 is 4.88. The molecule has 0 saturated heterocycles. The van der Waals surface area contributed by atoms with Gasteiger partial charge < -0.3 is 15.4 Å². The van der Waals surface area contributed by atoms with Crippen molar-refractivity contribution in [2.24, 2.45) is 0 Å². The van der Waals surface area contributed by atoms with E-state index in [0.29, 0.717) is 23.6 Å². The SMILES string of the molecule is C=CC(=O)OCCc1ccc(NC(C)=O)nc1NC(C)=O. The lowest BCUT2D eigenvalue weighted by molar-refractivity contribution is -0.137. The molecule has 0 bridgehead atoms. The highest BCUT2D eigenvalue weighted by Gasteiger charge is 2.09. The number of rotatable bonds is 6. The first-order chi connectivity index (χ1) is 9.92. The predicted molar refractivity (Wildman–Crippen MR) is 77.7 cm³/mol. The second kappa shape index (κ2) is 7.78. The molecular weight excluding hydrogens is 274 g/mol. The van der Waals surface area contributed by atoms with Crippen LogP contribution in [-0.4, -0.2) is 29.4 Å². The number of aromatic nitrogens is 1. The third-order valence-electron chi connectivity index (χ3n) is 2.36. The molecule has 0 aliphatic carbocycles. The van der Waals surface area contributed by atoms with Crippen LogP contribution < -0.4 is 10.6 Å². The third kappa shape index (κ3) is 5.85. The van der Waals surface area contributed by atoms with Crippen LogP contribution in [-0.2, 0) is 25.5 Å². The van der Waals surface area contributed by atoms with Crippen molar-refractivity contribution < 1.29 is 19.1 Å². The van der Waals surface area contributed by atoms with Gasteiger partial charge in [0, 0.05) is 26.3 Å². The Balaban J connectivity index is 2.85. The normalized spacial score (nSPS) is 9.62. The lowest BCUT2D eigenvalue weighted by atomic mass is 10.2. The molecule has 0 spiro atoms. The van der Waals surface area contributed by atoms with E-state index in [4.69, 9.17) is 4.74 Å². The minimum Gasteiger partial charge on any atom is -0.462 e. The predicted octanol–water partition coefficient (Wildman–Crippen LogP) is 1.27. The van der Waals surface area contributed by atoms with Gasteiger partial charge in [0.05, 0.1) is 6.61 Å². The molecule has 7 nitrogen and oxygen atoms in total. The van der Waals surface area contributed by atoms with Crippen molar-refractivity contribution in [3.63, 3.8) is 0 Å². The third-order valence-corrected chi connectivity index (χ3v) is 2.36. The van der Waals surface area contributed by atoms with Crippen molar-refractivity contribution in [3.05, 3.63) is 30.4 Å². The molecule has 1 rings (SSSR count). The average molecular weight is 291 g/mol. The van der Waals surface area contributed by atoms with Crippen molar-refractivity contribution in [2.75, 3.05) is 17.2 Å². The van der Waals surface area contributed by atoms with E-state index in [9.17, 15) is 14.4 Å². The molecule has 0 unspecified atom stereocenters. The van der Waals surface area contributed by atoms with Gasteiger partial charge >= 0.3 is 5.97 Å². The highest BCUT2D eigenvalue weighted by molar-refractivity contribution is 5.90. The van der Waals surface area contributed by atoms with Gasteiger partial charge in [0.2, 0.25) is 11.8 Å². The van der Waals surface area contributed by atoms with Crippen LogP contribution in [0.3, 0.4) is 0 Å². The zero-order valence-electron chi connectivity index (χ0n) is 11.9. The maximum atomic E-state index is 11.2. The zero-order valence-corrected chi connectivity index (χ0v) is 11.9. The van der Waals surface area contributed by atoms with E-state index >= 15 is 0 Å². The van der Waals surface area contributed by atoms with Gasteiger partial charge in [-0.15, -0.1) is 0 Å². The van der Waals surface area contributed by atoms with Gasteiger partial charge in [0.1, 0.15) is 11.6 Å². The minimum absolute atomic E-state index is 0.138. The van der Waals surface area contributed by atoms with Crippen molar-refractivity contribution >= 4 is 29.4 Å². The lowest BCUT2D eigenvalue weighted by Gasteiger charge is -2.11. The number of amides is 2. The van der Waals surface area contributed by atoms with Gasteiger partial charge in [-0.3, -0.25) is 9.59 Å². The minimum atomic E-state index is -0.515.